The van der Waals surface area contributed by atoms with Crippen LogP contribution in [-0.2, 0) is 12.7 Å². The molecule has 0 fully saturated rings. The lowest BCUT2D eigenvalue weighted by atomic mass is 10.1. The number of anilines is 1. The third kappa shape index (κ3) is 4.90. The molecule has 8 nitrogen and oxygen atoms in total. The molecule has 0 saturated carbocycles. The van der Waals surface area contributed by atoms with E-state index in [1.165, 1.54) is 36.3 Å². The van der Waals surface area contributed by atoms with Crippen LogP contribution in [0.3, 0.4) is 0 Å². The number of carbonyl (C=O) groups excluding carboxylic acids is 1. The monoisotopic (exact) mass is 544 g/mol. The minimum atomic E-state index is -4.77. The van der Waals surface area contributed by atoms with Crippen molar-refractivity contribution in [3.05, 3.63) is 94.8 Å². The molecule has 0 aliphatic heterocycles. The second-order valence-corrected chi connectivity index (χ2v) is 8.53. The topological polar surface area (TPSA) is 86.3 Å². The van der Waals surface area contributed by atoms with E-state index in [0.29, 0.717) is 15.8 Å². The molecule has 0 aliphatic carbocycles. The highest BCUT2D eigenvalue weighted by Crippen LogP contribution is 2.33. The zero-order valence-electron chi connectivity index (χ0n) is 19.5. The molecule has 0 unspecified atom stereocenters. The van der Waals surface area contributed by atoms with E-state index in [1.54, 1.807) is 30.3 Å². The molecule has 0 spiro atoms. The third-order valence-electron chi connectivity index (χ3n) is 5.67. The highest BCUT2D eigenvalue weighted by atomic mass is 35.5. The van der Waals surface area contributed by atoms with Crippen molar-refractivity contribution in [2.24, 2.45) is 0 Å². The van der Waals surface area contributed by atoms with Crippen molar-refractivity contribution >= 4 is 28.8 Å². The van der Waals surface area contributed by atoms with Crippen LogP contribution in [-0.4, -0.2) is 37.4 Å². The summed E-state index contributed by atoms with van der Waals surface area (Å²) in [6.45, 7) is -0.000187. The van der Waals surface area contributed by atoms with Crippen molar-refractivity contribution in [2.45, 2.75) is 12.7 Å². The van der Waals surface area contributed by atoms with Gasteiger partial charge in [0, 0.05) is 22.3 Å². The van der Waals surface area contributed by atoms with Gasteiger partial charge in [0.2, 0.25) is 0 Å². The van der Waals surface area contributed by atoms with Gasteiger partial charge >= 0.3 is 6.18 Å². The van der Waals surface area contributed by atoms with Crippen molar-refractivity contribution in [1.29, 1.82) is 0 Å². The van der Waals surface area contributed by atoms with Gasteiger partial charge in [0.1, 0.15) is 17.1 Å². The fourth-order valence-corrected chi connectivity index (χ4v) is 4.02. The van der Waals surface area contributed by atoms with Crippen LogP contribution in [0.1, 0.15) is 21.6 Å². The van der Waals surface area contributed by atoms with Gasteiger partial charge in [0.05, 0.1) is 37.4 Å². The Morgan fingerprint density at radius 2 is 1.87 bits per heavy atom. The number of nitrogens with zero attached hydrogens (tertiary/aromatic N) is 5. The van der Waals surface area contributed by atoms with Crippen molar-refractivity contribution in [3.63, 3.8) is 0 Å². The van der Waals surface area contributed by atoms with Crippen LogP contribution in [0, 0.1) is 5.82 Å². The van der Waals surface area contributed by atoms with E-state index < -0.39 is 23.6 Å². The lowest BCUT2D eigenvalue weighted by Gasteiger charge is -2.12. The number of aromatic nitrogens is 5. The zero-order valence-corrected chi connectivity index (χ0v) is 20.3. The first kappa shape index (κ1) is 25.2. The fourth-order valence-electron chi connectivity index (χ4n) is 3.79. The van der Waals surface area contributed by atoms with Gasteiger partial charge < -0.3 is 10.1 Å². The Morgan fingerprint density at radius 3 is 2.55 bits per heavy atom. The molecular weight excluding hydrogens is 528 g/mol. The normalized spacial score (nSPS) is 11.6. The Balaban J connectivity index is 1.47. The predicted molar refractivity (Wildman–Crippen MR) is 131 cm³/mol. The Kier molecular flexibility index (Phi) is 6.49. The molecule has 0 saturated heterocycles. The number of halogens is 5. The summed E-state index contributed by atoms with van der Waals surface area (Å²) in [5, 5.41) is 10.6. The number of hydrogen-bond acceptors (Lipinski definition) is 5. The van der Waals surface area contributed by atoms with Gasteiger partial charge in [0.25, 0.3) is 5.91 Å². The Labute approximate surface area is 217 Å². The SMILES string of the molecule is COc1ccc(-c2cc(C(F)(F)F)n3ncc(C(=O)Nc4cnn(Cc5c(F)cccc5Cl)c4)c3n2)cc1. The van der Waals surface area contributed by atoms with Gasteiger partial charge in [-0.1, -0.05) is 17.7 Å². The number of fused-ring (bicyclic) bond motifs is 1. The molecule has 194 valence electrons. The maximum Gasteiger partial charge on any atom is 0.433 e. The highest BCUT2D eigenvalue weighted by Gasteiger charge is 2.36. The second-order valence-electron chi connectivity index (χ2n) is 8.13. The number of amides is 1. The summed E-state index contributed by atoms with van der Waals surface area (Å²) < 4.78 is 62.7. The van der Waals surface area contributed by atoms with Crippen molar-refractivity contribution in [3.8, 4) is 17.0 Å². The van der Waals surface area contributed by atoms with Crippen LogP contribution in [0.15, 0.2) is 67.1 Å². The van der Waals surface area contributed by atoms with Crippen molar-refractivity contribution in [2.75, 3.05) is 12.4 Å². The molecular formula is C25H17ClF4N6O2. The van der Waals surface area contributed by atoms with E-state index in [9.17, 15) is 22.4 Å². The first-order chi connectivity index (χ1) is 18.1. The van der Waals surface area contributed by atoms with Gasteiger partial charge in [-0.05, 0) is 42.5 Å². The van der Waals surface area contributed by atoms with E-state index in [-0.39, 0.29) is 39.7 Å². The minimum Gasteiger partial charge on any atom is -0.497 e. The molecule has 13 heteroatoms. The number of rotatable bonds is 6. The van der Waals surface area contributed by atoms with E-state index in [0.717, 1.165) is 12.3 Å². The number of nitrogens with one attached hydrogen (secondary N) is 1. The summed E-state index contributed by atoms with van der Waals surface area (Å²) >= 11 is 6.06. The number of benzene rings is 2. The Bertz CT molecular complexity index is 1630. The average Bonchev–Trinajstić information content (AvgIpc) is 3.52. The van der Waals surface area contributed by atoms with E-state index in [4.69, 9.17) is 16.3 Å². The lowest BCUT2D eigenvalue weighted by molar-refractivity contribution is -0.142. The number of hydrogen-bond donors (Lipinski definition) is 1. The number of methoxy groups -OCH3 is 1. The molecule has 3 aromatic heterocycles. The number of alkyl halides is 3. The van der Waals surface area contributed by atoms with Crippen LogP contribution in [0.4, 0.5) is 23.2 Å². The molecule has 0 aliphatic rings. The molecule has 0 bridgehead atoms. The number of carbonyl (C=O) groups is 1. The summed E-state index contributed by atoms with van der Waals surface area (Å²) in [6, 6.07) is 11.4. The minimum absolute atomic E-state index is 0.000187. The number of ether oxygens (including phenoxy) is 1. The van der Waals surface area contributed by atoms with Crippen molar-refractivity contribution < 1.29 is 27.1 Å². The molecule has 2 aromatic carbocycles. The van der Waals surface area contributed by atoms with Crippen LogP contribution < -0.4 is 10.1 Å². The fraction of sp³-hybridized carbons (Fsp3) is 0.120. The Morgan fingerprint density at radius 1 is 1.11 bits per heavy atom. The molecule has 3 heterocycles. The maximum absolute atomic E-state index is 14.1. The quantitative estimate of drug-likeness (QED) is 0.277. The Hall–Kier alpha value is -4.45. The van der Waals surface area contributed by atoms with Gasteiger partial charge in [0.15, 0.2) is 11.3 Å². The van der Waals surface area contributed by atoms with Crippen LogP contribution in [0.25, 0.3) is 16.9 Å². The van der Waals surface area contributed by atoms with Gasteiger partial charge in [-0.25, -0.2) is 13.9 Å². The van der Waals surface area contributed by atoms with Gasteiger partial charge in [-0.3, -0.25) is 9.48 Å². The molecule has 0 atom stereocenters. The third-order valence-corrected chi connectivity index (χ3v) is 6.02. The predicted octanol–water partition coefficient (Wildman–Crippen LogP) is 5.71. The summed E-state index contributed by atoms with van der Waals surface area (Å²) in [5.74, 6) is -0.742. The van der Waals surface area contributed by atoms with E-state index >= 15 is 0 Å². The molecule has 38 heavy (non-hydrogen) atoms. The van der Waals surface area contributed by atoms with Crippen LogP contribution in [0.5, 0.6) is 5.75 Å². The van der Waals surface area contributed by atoms with Crippen molar-refractivity contribution in [1.82, 2.24) is 24.4 Å². The first-order valence-corrected chi connectivity index (χ1v) is 11.4. The van der Waals surface area contributed by atoms with Crippen LogP contribution in [0.2, 0.25) is 5.02 Å². The largest absolute Gasteiger partial charge is 0.497 e. The average molecular weight is 545 g/mol. The van der Waals surface area contributed by atoms with Crippen LogP contribution >= 0.6 is 11.6 Å². The smallest absolute Gasteiger partial charge is 0.433 e. The molecule has 5 aromatic rings. The zero-order chi connectivity index (χ0) is 27.0. The van der Waals surface area contributed by atoms with Gasteiger partial charge in [-0.15, -0.1) is 0 Å². The standard InChI is InChI=1S/C25H17ClF4N6O2/c1-38-16-7-5-14(6-8-16)21-9-22(25(28,29)30)36-23(34-21)17(11-32-36)24(37)33-15-10-31-35(12-15)13-18-19(26)3-2-4-20(18)27/h2-12H,13H2,1H3,(H,33,37). The van der Waals surface area contributed by atoms with Gasteiger partial charge in [-0.2, -0.15) is 23.4 Å². The first-order valence-electron chi connectivity index (χ1n) is 11.0. The summed E-state index contributed by atoms with van der Waals surface area (Å²) in [6.07, 6.45) is -1.01. The van der Waals surface area contributed by atoms with E-state index in [2.05, 4.69) is 20.5 Å². The maximum atomic E-state index is 14.1. The molecule has 1 N–H and O–H groups in total. The summed E-state index contributed by atoms with van der Waals surface area (Å²) in [4.78, 5) is 17.3. The summed E-state index contributed by atoms with van der Waals surface area (Å²) in [7, 11) is 1.47. The lowest BCUT2D eigenvalue weighted by Crippen LogP contribution is -2.15. The molecule has 0 radical (unpaired) electrons. The molecule has 1 amide bonds. The summed E-state index contributed by atoms with van der Waals surface area (Å²) in [5.41, 5.74) is -0.737. The van der Waals surface area contributed by atoms with E-state index in [1.807, 2.05) is 0 Å². The second kappa shape index (κ2) is 9.78. The highest BCUT2D eigenvalue weighted by molar-refractivity contribution is 6.31. The molecule has 5 rings (SSSR count).